The van der Waals surface area contributed by atoms with Crippen LogP contribution in [-0.2, 0) is 30.4 Å². The van der Waals surface area contributed by atoms with Gasteiger partial charge in [0.1, 0.15) is 23.9 Å². The van der Waals surface area contributed by atoms with Crippen molar-refractivity contribution in [1.29, 1.82) is 0 Å². The second kappa shape index (κ2) is 15.7. The monoisotopic (exact) mass is 540 g/mol. The van der Waals surface area contributed by atoms with E-state index in [9.17, 15) is 39.3 Å². The number of phenols is 1. The molecule has 37 heavy (non-hydrogen) atoms. The number of nitrogens with two attached hydrogens (primary N) is 1. The molecule has 0 saturated heterocycles. The molecule has 0 aromatic heterocycles. The fourth-order valence-corrected chi connectivity index (χ4v) is 3.81. The smallest absolute Gasteiger partial charge is 0.326 e. The van der Waals surface area contributed by atoms with Crippen LogP contribution in [-0.4, -0.2) is 81.2 Å². The standard InChI is InChI=1S/C24H36N4O8S/c1-4-13(2)20(28-21(32)16(25)9-10-37-3)23(34)26-17(12-19(30)31)22(33)27-18(24(35)36)11-14-5-7-15(29)8-6-14/h5-8,13,16-18,20,29H,4,9-12,25H2,1-3H3,(H,26,34)(H,27,33)(H,28,32)(H,30,31)(H,35,36). The summed E-state index contributed by atoms with van der Waals surface area (Å²) in [6.07, 6.45) is 1.80. The van der Waals surface area contributed by atoms with Crippen LogP contribution in [0.15, 0.2) is 24.3 Å². The molecule has 5 atom stereocenters. The van der Waals surface area contributed by atoms with Crippen molar-refractivity contribution in [3.05, 3.63) is 29.8 Å². The number of aromatic hydroxyl groups is 1. The number of carbonyl (C=O) groups excluding carboxylic acids is 3. The number of amides is 3. The molecule has 0 spiro atoms. The van der Waals surface area contributed by atoms with Crippen LogP contribution in [0.1, 0.15) is 38.7 Å². The minimum absolute atomic E-state index is 0.0166. The maximum Gasteiger partial charge on any atom is 0.326 e. The van der Waals surface area contributed by atoms with E-state index in [-0.39, 0.29) is 18.1 Å². The van der Waals surface area contributed by atoms with Crippen molar-refractivity contribution in [3.8, 4) is 5.75 Å². The first-order chi connectivity index (χ1) is 17.4. The van der Waals surface area contributed by atoms with Gasteiger partial charge in [-0.25, -0.2) is 4.79 Å². The number of hydrogen-bond acceptors (Lipinski definition) is 8. The van der Waals surface area contributed by atoms with Gasteiger partial charge in [-0.15, -0.1) is 0 Å². The molecule has 206 valence electrons. The summed E-state index contributed by atoms with van der Waals surface area (Å²) in [4.78, 5) is 61.6. The van der Waals surface area contributed by atoms with Crippen molar-refractivity contribution in [3.63, 3.8) is 0 Å². The average Bonchev–Trinajstić information content (AvgIpc) is 2.84. The zero-order valence-corrected chi connectivity index (χ0v) is 21.9. The van der Waals surface area contributed by atoms with E-state index >= 15 is 0 Å². The first-order valence-electron chi connectivity index (χ1n) is 11.8. The Kier molecular flexibility index (Phi) is 13.5. The highest BCUT2D eigenvalue weighted by Gasteiger charge is 2.33. The number of carboxylic acids is 2. The van der Waals surface area contributed by atoms with Crippen LogP contribution in [0.3, 0.4) is 0 Å². The third-order valence-corrected chi connectivity index (χ3v) is 6.41. The summed E-state index contributed by atoms with van der Waals surface area (Å²) in [5.74, 6) is -4.85. The molecule has 0 aliphatic carbocycles. The number of aliphatic carboxylic acids is 2. The van der Waals surface area contributed by atoms with E-state index in [0.717, 1.165) is 0 Å². The summed E-state index contributed by atoms with van der Waals surface area (Å²) >= 11 is 1.52. The molecule has 13 heteroatoms. The first-order valence-corrected chi connectivity index (χ1v) is 13.2. The minimum atomic E-state index is -1.60. The molecule has 3 amide bonds. The molecule has 1 rings (SSSR count). The van der Waals surface area contributed by atoms with Crippen LogP contribution < -0.4 is 21.7 Å². The minimum Gasteiger partial charge on any atom is -0.508 e. The molecule has 1 aromatic rings. The fraction of sp³-hybridized carbons (Fsp3) is 0.542. The van der Waals surface area contributed by atoms with Crippen LogP contribution in [0.5, 0.6) is 5.75 Å². The molecule has 0 fully saturated rings. The first kappa shape index (κ1) is 31.7. The molecule has 8 N–H and O–H groups in total. The summed E-state index contributed by atoms with van der Waals surface area (Å²) in [5, 5.41) is 35.4. The molecule has 0 aliphatic heterocycles. The number of phenolic OH excluding ortho intramolecular Hbond substituents is 1. The molecule has 0 aliphatic rings. The summed E-state index contributed by atoms with van der Waals surface area (Å²) in [6, 6.07) is 0.731. The quantitative estimate of drug-likeness (QED) is 0.150. The number of carbonyl (C=O) groups is 5. The molecule has 0 radical (unpaired) electrons. The molecule has 1 aromatic carbocycles. The predicted octanol–water partition coefficient (Wildman–Crippen LogP) is 0.0749. The van der Waals surface area contributed by atoms with E-state index in [1.165, 1.54) is 36.0 Å². The maximum absolute atomic E-state index is 13.1. The van der Waals surface area contributed by atoms with Gasteiger partial charge in [0, 0.05) is 6.42 Å². The van der Waals surface area contributed by atoms with Crippen LogP contribution in [0.25, 0.3) is 0 Å². The van der Waals surface area contributed by atoms with Gasteiger partial charge in [0.05, 0.1) is 12.5 Å². The van der Waals surface area contributed by atoms with Gasteiger partial charge < -0.3 is 37.0 Å². The van der Waals surface area contributed by atoms with Gasteiger partial charge in [-0.2, -0.15) is 11.8 Å². The van der Waals surface area contributed by atoms with Crippen molar-refractivity contribution in [2.75, 3.05) is 12.0 Å². The van der Waals surface area contributed by atoms with E-state index in [1.54, 1.807) is 13.8 Å². The highest BCUT2D eigenvalue weighted by Crippen LogP contribution is 2.13. The zero-order chi connectivity index (χ0) is 28.1. The Morgan fingerprint density at radius 1 is 0.946 bits per heavy atom. The predicted molar refractivity (Wildman–Crippen MR) is 138 cm³/mol. The molecule has 0 bridgehead atoms. The lowest BCUT2D eigenvalue weighted by atomic mass is 9.97. The average molecular weight is 541 g/mol. The number of nitrogens with one attached hydrogen (secondary N) is 3. The largest absolute Gasteiger partial charge is 0.508 e. The molecule has 5 unspecified atom stereocenters. The van der Waals surface area contributed by atoms with Crippen molar-refractivity contribution in [2.24, 2.45) is 11.7 Å². The molecular formula is C24H36N4O8S. The number of rotatable bonds is 16. The zero-order valence-electron chi connectivity index (χ0n) is 21.1. The van der Waals surface area contributed by atoms with Crippen LogP contribution >= 0.6 is 11.8 Å². The van der Waals surface area contributed by atoms with E-state index in [2.05, 4.69) is 16.0 Å². The van der Waals surface area contributed by atoms with Crippen molar-refractivity contribution in [2.45, 2.75) is 63.7 Å². The number of hydrogen-bond donors (Lipinski definition) is 7. The summed E-state index contributed by atoms with van der Waals surface area (Å²) in [6.45, 7) is 3.51. The van der Waals surface area contributed by atoms with Gasteiger partial charge >= 0.3 is 11.9 Å². The lowest BCUT2D eigenvalue weighted by molar-refractivity contribution is -0.143. The Bertz CT molecular complexity index is 943. The van der Waals surface area contributed by atoms with E-state index in [1.807, 2.05) is 6.26 Å². The highest BCUT2D eigenvalue weighted by molar-refractivity contribution is 7.98. The topological polar surface area (TPSA) is 208 Å². The Hall–Kier alpha value is -3.32. The van der Waals surface area contributed by atoms with Gasteiger partial charge in [-0.3, -0.25) is 19.2 Å². The Labute approximate surface area is 219 Å². The highest BCUT2D eigenvalue weighted by atomic mass is 32.2. The van der Waals surface area contributed by atoms with Gasteiger partial charge in [0.15, 0.2) is 0 Å². The van der Waals surface area contributed by atoms with Crippen molar-refractivity contribution in [1.82, 2.24) is 16.0 Å². The fourth-order valence-electron chi connectivity index (χ4n) is 3.32. The Morgan fingerprint density at radius 3 is 2.05 bits per heavy atom. The van der Waals surface area contributed by atoms with Gasteiger partial charge in [0.2, 0.25) is 17.7 Å². The third-order valence-electron chi connectivity index (χ3n) is 5.77. The summed E-state index contributed by atoms with van der Waals surface area (Å²) < 4.78 is 0. The Morgan fingerprint density at radius 2 is 1.54 bits per heavy atom. The van der Waals surface area contributed by atoms with Crippen LogP contribution in [0.2, 0.25) is 0 Å². The van der Waals surface area contributed by atoms with E-state index in [4.69, 9.17) is 5.73 Å². The van der Waals surface area contributed by atoms with Gasteiger partial charge in [-0.1, -0.05) is 32.4 Å². The number of thioether (sulfide) groups is 1. The van der Waals surface area contributed by atoms with Gasteiger partial charge in [0.25, 0.3) is 0 Å². The van der Waals surface area contributed by atoms with Crippen LogP contribution in [0.4, 0.5) is 0 Å². The lowest BCUT2D eigenvalue weighted by Crippen LogP contribution is -2.59. The molecule has 0 heterocycles. The number of benzene rings is 1. The lowest BCUT2D eigenvalue weighted by Gasteiger charge is -2.27. The SMILES string of the molecule is CCC(C)C(NC(=O)C(N)CCSC)C(=O)NC(CC(=O)O)C(=O)NC(Cc1ccc(O)cc1)C(=O)O. The summed E-state index contributed by atoms with van der Waals surface area (Å²) in [5.41, 5.74) is 6.40. The summed E-state index contributed by atoms with van der Waals surface area (Å²) in [7, 11) is 0. The van der Waals surface area contributed by atoms with Crippen molar-refractivity contribution < 1.29 is 39.3 Å². The molecular weight excluding hydrogens is 504 g/mol. The third kappa shape index (κ3) is 11.1. The second-order valence-electron chi connectivity index (χ2n) is 8.69. The molecule has 0 saturated carbocycles. The number of carboxylic acid groups (broad SMARTS) is 2. The second-order valence-corrected chi connectivity index (χ2v) is 9.67. The van der Waals surface area contributed by atoms with E-state index < -0.39 is 60.2 Å². The van der Waals surface area contributed by atoms with Gasteiger partial charge in [-0.05, 0) is 42.0 Å². The normalized spacial score (nSPS) is 14.9. The molecule has 12 nitrogen and oxygen atoms in total. The maximum atomic E-state index is 13.1. The van der Waals surface area contributed by atoms with Crippen molar-refractivity contribution >= 4 is 41.4 Å². The van der Waals surface area contributed by atoms with Crippen LogP contribution in [0, 0.1) is 5.92 Å². The Balaban J connectivity index is 3.02. The van der Waals surface area contributed by atoms with E-state index in [0.29, 0.717) is 24.2 Å².